The first kappa shape index (κ1) is 14.0. The molecule has 1 saturated carbocycles. The molecule has 1 aliphatic carbocycles. The van der Waals surface area contributed by atoms with Gasteiger partial charge in [-0.15, -0.1) is 0 Å². The standard InChI is InChI=1S/C16H17N3O.H3N/c17-12-6-14-13(2-1-3-15(14)20-9-12)11-7-18-16(19-8-11)10-4-5-10;/h1-3,7-8,10,12H,4-6,9,17H2;1H3/t12-;/m0./s1. The lowest BCUT2D eigenvalue weighted by Gasteiger charge is -2.24. The van der Waals surface area contributed by atoms with E-state index in [-0.39, 0.29) is 12.2 Å². The Morgan fingerprint density at radius 2 is 1.90 bits per heavy atom. The van der Waals surface area contributed by atoms with Crippen molar-refractivity contribution in [2.24, 2.45) is 5.73 Å². The number of nitrogens with zero attached hydrogens (tertiary/aromatic N) is 2. The molecule has 1 aromatic carbocycles. The van der Waals surface area contributed by atoms with Gasteiger partial charge in [0.25, 0.3) is 0 Å². The van der Waals surface area contributed by atoms with Crippen molar-refractivity contribution in [1.29, 1.82) is 0 Å². The fraction of sp³-hybridized carbons (Fsp3) is 0.375. The first-order chi connectivity index (χ1) is 9.81. The van der Waals surface area contributed by atoms with Gasteiger partial charge in [0.15, 0.2) is 0 Å². The van der Waals surface area contributed by atoms with Crippen LogP contribution in [0.4, 0.5) is 0 Å². The third-order valence-corrected chi connectivity index (χ3v) is 3.98. The molecule has 5 heteroatoms. The maximum absolute atomic E-state index is 6.01. The Labute approximate surface area is 124 Å². The molecule has 2 heterocycles. The van der Waals surface area contributed by atoms with E-state index in [4.69, 9.17) is 10.5 Å². The molecule has 0 unspecified atom stereocenters. The van der Waals surface area contributed by atoms with Crippen LogP contribution in [-0.4, -0.2) is 22.6 Å². The predicted molar refractivity (Wildman–Crippen MR) is 81.6 cm³/mol. The highest BCUT2D eigenvalue weighted by molar-refractivity contribution is 5.69. The minimum Gasteiger partial charge on any atom is -0.492 e. The van der Waals surface area contributed by atoms with Crippen LogP contribution in [0.15, 0.2) is 30.6 Å². The van der Waals surface area contributed by atoms with E-state index < -0.39 is 0 Å². The Hall–Kier alpha value is -1.98. The zero-order valence-corrected chi connectivity index (χ0v) is 12.0. The Morgan fingerprint density at radius 1 is 1.14 bits per heavy atom. The summed E-state index contributed by atoms with van der Waals surface area (Å²) in [7, 11) is 0. The zero-order valence-electron chi connectivity index (χ0n) is 12.0. The molecule has 4 rings (SSSR count). The highest BCUT2D eigenvalue weighted by Gasteiger charge is 2.26. The molecule has 21 heavy (non-hydrogen) atoms. The number of nitrogens with two attached hydrogens (primary N) is 1. The van der Waals surface area contributed by atoms with Crippen molar-refractivity contribution < 1.29 is 4.74 Å². The van der Waals surface area contributed by atoms with Gasteiger partial charge in [0.1, 0.15) is 18.2 Å². The first-order valence-corrected chi connectivity index (χ1v) is 7.14. The summed E-state index contributed by atoms with van der Waals surface area (Å²) >= 11 is 0. The molecular weight excluding hydrogens is 264 g/mol. The van der Waals surface area contributed by atoms with Crippen molar-refractivity contribution in [3.63, 3.8) is 0 Å². The van der Waals surface area contributed by atoms with Crippen LogP contribution in [0, 0.1) is 0 Å². The minimum atomic E-state index is 0. The van der Waals surface area contributed by atoms with Gasteiger partial charge in [-0.1, -0.05) is 12.1 Å². The quantitative estimate of drug-likeness (QED) is 0.883. The Bertz CT molecular complexity index is 637. The molecule has 0 spiro atoms. The second-order valence-corrected chi connectivity index (χ2v) is 5.66. The zero-order chi connectivity index (χ0) is 13.5. The van der Waals surface area contributed by atoms with Crippen LogP contribution in [0.25, 0.3) is 11.1 Å². The minimum absolute atomic E-state index is 0. The van der Waals surface area contributed by atoms with Crippen LogP contribution < -0.4 is 16.6 Å². The highest BCUT2D eigenvalue weighted by Crippen LogP contribution is 2.38. The summed E-state index contributed by atoms with van der Waals surface area (Å²) in [6.45, 7) is 0.591. The summed E-state index contributed by atoms with van der Waals surface area (Å²) in [6.07, 6.45) is 7.15. The lowest BCUT2D eigenvalue weighted by Crippen LogP contribution is -2.34. The summed E-state index contributed by atoms with van der Waals surface area (Å²) in [5, 5.41) is 0. The van der Waals surface area contributed by atoms with Gasteiger partial charge in [-0.05, 0) is 30.9 Å². The number of ether oxygens (including phenoxy) is 1. The third kappa shape index (κ3) is 2.62. The summed E-state index contributed by atoms with van der Waals surface area (Å²) in [4.78, 5) is 9.00. The van der Waals surface area contributed by atoms with Gasteiger partial charge in [0, 0.05) is 35.5 Å². The van der Waals surface area contributed by atoms with E-state index in [1.54, 1.807) is 0 Å². The maximum atomic E-state index is 6.01. The number of hydrogen-bond acceptors (Lipinski definition) is 5. The van der Waals surface area contributed by atoms with Crippen molar-refractivity contribution in [2.75, 3.05) is 6.61 Å². The normalized spacial score (nSPS) is 20.1. The molecule has 1 aliphatic heterocycles. The third-order valence-electron chi connectivity index (χ3n) is 3.98. The highest BCUT2D eigenvalue weighted by atomic mass is 16.5. The van der Waals surface area contributed by atoms with E-state index in [2.05, 4.69) is 16.0 Å². The molecule has 1 aromatic heterocycles. The molecule has 0 radical (unpaired) electrons. The molecule has 2 aliphatic rings. The second-order valence-electron chi connectivity index (χ2n) is 5.66. The van der Waals surface area contributed by atoms with Crippen LogP contribution in [0.5, 0.6) is 5.75 Å². The fourth-order valence-corrected chi connectivity index (χ4v) is 2.73. The van der Waals surface area contributed by atoms with E-state index in [0.717, 1.165) is 29.1 Å². The topological polar surface area (TPSA) is 96.0 Å². The van der Waals surface area contributed by atoms with Gasteiger partial charge in [0.2, 0.25) is 0 Å². The van der Waals surface area contributed by atoms with Gasteiger partial charge in [-0.3, -0.25) is 0 Å². The van der Waals surface area contributed by atoms with Crippen molar-refractivity contribution in [3.8, 4) is 16.9 Å². The predicted octanol–water partition coefficient (Wildman–Crippen LogP) is 2.45. The van der Waals surface area contributed by atoms with E-state index in [9.17, 15) is 0 Å². The van der Waals surface area contributed by atoms with Crippen LogP contribution in [0.3, 0.4) is 0 Å². The Kier molecular flexibility index (Phi) is 3.61. The average Bonchev–Trinajstić information content (AvgIpc) is 3.31. The van der Waals surface area contributed by atoms with Gasteiger partial charge in [-0.2, -0.15) is 0 Å². The molecule has 0 bridgehead atoms. The molecule has 1 fully saturated rings. The summed E-state index contributed by atoms with van der Waals surface area (Å²) in [5.41, 5.74) is 9.37. The molecule has 5 nitrogen and oxygen atoms in total. The van der Waals surface area contributed by atoms with Crippen molar-refractivity contribution in [3.05, 3.63) is 42.0 Å². The van der Waals surface area contributed by atoms with Crippen LogP contribution >= 0.6 is 0 Å². The van der Waals surface area contributed by atoms with Gasteiger partial charge in [0.05, 0.1) is 0 Å². The van der Waals surface area contributed by atoms with E-state index in [1.165, 1.54) is 18.4 Å². The van der Waals surface area contributed by atoms with Crippen LogP contribution in [0.1, 0.15) is 30.1 Å². The van der Waals surface area contributed by atoms with Crippen LogP contribution in [-0.2, 0) is 6.42 Å². The number of fused-ring (bicyclic) bond motifs is 1. The van der Waals surface area contributed by atoms with Gasteiger partial charge < -0.3 is 16.6 Å². The van der Waals surface area contributed by atoms with E-state index in [0.29, 0.717) is 12.5 Å². The molecular formula is C16H20N4O. The SMILES string of the molecule is N.N[C@@H]1COc2cccc(-c3cnc(C4CC4)nc3)c2C1. The van der Waals surface area contributed by atoms with Gasteiger partial charge >= 0.3 is 0 Å². The summed E-state index contributed by atoms with van der Waals surface area (Å²) in [6, 6.07) is 6.18. The van der Waals surface area contributed by atoms with Crippen LogP contribution in [0.2, 0.25) is 0 Å². The molecule has 1 atom stereocenters. The monoisotopic (exact) mass is 284 g/mol. The lowest BCUT2D eigenvalue weighted by molar-refractivity contribution is 0.264. The number of aromatic nitrogens is 2. The van der Waals surface area contributed by atoms with Crippen molar-refractivity contribution in [2.45, 2.75) is 31.2 Å². The number of hydrogen-bond donors (Lipinski definition) is 2. The largest absolute Gasteiger partial charge is 0.492 e. The molecule has 5 N–H and O–H groups in total. The lowest BCUT2D eigenvalue weighted by atomic mass is 9.94. The summed E-state index contributed by atoms with van der Waals surface area (Å²) in [5.74, 6) is 2.51. The molecule has 2 aromatic rings. The Morgan fingerprint density at radius 3 is 2.62 bits per heavy atom. The average molecular weight is 284 g/mol. The number of benzene rings is 1. The van der Waals surface area contributed by atoms with Crippen molar-refractivity contribution in [1.82, 2.24) is 16.1 Å². The fourth-order valence-electron chi connectivity index (χ4n) is 2.73. The Balaban J connectivity index is 0.00000132. The summed E-state index contributed by atoms with van der Waals surface area (Å²) < 4.78 is 5.70. The first-order valence-electron chi connectivity index (χ1n) is 7.14. The molecule has 110 valence electrons. The van der Waals surface area contributed by atoms with Crippen molar-refractivity contribution >= 4 is 0 Å². The second kappa shape index (κ2) is 5.42. The molecule has 0 amide bonds. The number of rotatable bonds is 2. The van der Waals surface area contributed by atoms with E-state index in [1.807, 2.05) is 24.5 Å². The van der Waals surface area contributed by atoms with E-state index >= 15 is 0 Å². The maximum Gasteiger partial charge on any atom is 0.131 e. The smallest absolute Gasteiger partial charge is 0.131 e. The van der Waals surface area contributed by atoms with Gasteiger partial charge in [-0.25, -0.2) is 9.97 Å². The molecule has 0 saturated heterocycles.